The standard InChI is InChI=1S/C14H24N6/c1-6-12-11(8-19(5)18-12)7-16-14-13(15)10(4)17-20(14)9(2)3/h8-9,16H,6-7,15H2,1-5H3. The zero-order valence-electron chi connectivity index (χ0n) is 12.9. The van der Waals surface area contributed by atoms with Crippen molar-refractivity contribution in [3.05, 3.63) is 23.1 Å². The Kier molecular flexibility index (Phi) is 4.01. The van der Waals surface area contributed by atoms with Crippen molar-refractivity contribution in [3.8, 4) is 0 Å². The average molecular weight is 276 g/mol. The quantitative estimate of drug-likeness (QED) is 0.878. The topological polar surface area (TPSA) is 73.7 Å². The predicted molar refractivity (Wildman–Crippen MR) is 81.7 cm³/mol. The van der Waals surface area contributed by atoms with E-state index < -0.39 is 0 Å². The Hall–Kier alpha value is -1.98. The van der Waals surface area contributed by atoms with E-state index >= 15 is 0 Å². The number of rotatable bonds is 5. The molecule has 2 rings (SSSR count). The molecule has 2 aromatic heterocycles. The lowest BCUT2D eigenvalue weighted by Crippen LogP contribution is -2.11. The highest BCUT2D eigenvalue weighted by atomic mass is 15.4. The second-order valence-electron chi connectivity index (χ2n) is 5.37. The molecule has 0 spiro atoms. The van der Waals surface area contributed by atoms with Crippen molar-refractivity contribution in [2.75, 3.05) is 11.1 Å². The molecule has 3 N–H and O–H groups in total. The zero-order chi connectivity index (χ0) is 14.9. The van der Waals surface area contributed by atoms with Gasteiger partial charge in [0.25, 0.3) is 0 Å². The fourth-order valence-corrected chi connectivity index (χ4v) is 2.32. The molecule has 0 aliphatic rings. The molecular weight excluding hydrogens is 252 g/mol. The number of nitrogens with zero attached hydrogens (tertiary/aromatic N) is 4. The van der Waals surface area contributed by atoms with E-state index in [9.17, 15) is 0 Å². The van der Waals surface area contributed by atoms with E-state index in [1.165, 1.54) is 5.56 Å². The summed E-state index contributed by atoms with van der Waals surface area (Å²) in [6.07, 6.45) is 2.97. The van der Waals surface area contributed by atoms with Gasteiger partial charge in [-0.25, -0.2) is 4.68 Å². The highest BCUT2D eigenvalue weighted by Crippen LogP contribution is 2.26. The zero-order valence-corrected chi connectivity index (χ0v) is 12.9. The van der Waals surface area contributed by atoms with Crippen LogP contribution in [-0.4, -0.2) is 19.6 Å². The summed E-state index contributed by atoms with van der Waals surface area (Å²) in [5.41, 5.74) is 10.0. The molecule has 0 amide bonds. The lowest BCUT2D eigenvalue weighted by molar-refractivity contribution is 0.534. The van der Waals surface area contributed by atoms with Crippen LogP contribution in [0.4, 0.5) is 11.5 Å². The summed E-state index contributed by atoms with van der Waals surface area (Å²) in [5, 5.41) is 12.3. The van der Waals surface area contributed by atoms with Crippen molar-refractivity contribution in [1.82, 2.24) is 19.6 Å². The van der Waals surface area contributed by atoms with Crippen molar-refractivity contribution < 1.29 is 0 Å². The van der Waals surface area contributed by atoms with Crippen LogP contribution in [0.25, 0.3) is 0 Å². The van der Waals surface area contributed by atoms with Crippen LogP contribution in [0.3, 0.4) is 0 Å². The number of aromatic nitrogens is 4. The van der Waals surface area contributed by atoms with Crippen molar-refractivity contribution >= 4 is 11.5 Å². The summed E-state index contributed by atoms with van der Waals surface area (Å²) >= 11 is 0. The van der Waals surface area contributed by atoms with Gasteiger partial charge in [0.05, 0.1) is 17.1 Å². The van der Waals surface area contributed by atoms with Gasteiger partial charge in [0.15, 0.2) is 0 Å². The molecule has 0 aliphatic carbocycles. The average Bonchev–Trinajstić information content (AvgIpc) is 2.89. The molecule has 0 fully saturated rings. The number of hydrogen-bond donors (Lipinski definition) is 2. The molecule has 0 radical (unpaired) electrons. The van der Waals surface area contributed by atoms with E-state index in [-0.39, 0.29) is 6.04 Å². The Morgan fingerprint density at radius 1 is 1.35 bits per heavy atom. The fraction of sp³-hybridized carbons (Fsp3) is 0.571. The highest BCUT2D eigenvalue weighted by molar-refractivity contribution is 5.65. The van der Waals surface area contributed by atoms with Crippen molar-refractivity contribution in [2.24, 2.45) is 7.05 Å². The van der Waals surface area contributed by atoms with Gasteiger partial charge in [0.2, 0.25) is 0 Å². The number of nitrogens with one attached hydrogen (secondary N) is 1. The van der Waals surface area contributed by atoms with E-state index in [0.717, 1.165) is 29.3 Å². The number of nitrogen functional groups attached to an aromatic ring is 1. The maximum absolute atomic E-state index is 6.11. The van der Waals surface area contributed by atoms with Gasteiger partial charge in [-0.3, -0.25) is 4.68 Å². The van der Waals surface area contributed by atoms with E-state index in [2.05, 4.69) is 36.3 Å². The second kappa shape index (κ2) is 5.56. The first kappa shape index (κ1) is 14.4. The van der Waals surface area contributed by atoms with Crippen LogP contribution in [-0.2, 0) is 20.0 Å². The Morgan fingerprint density at radius 2 is 2.05 bits per heavy atom. The van der Waals surface area contributed by atoms with E-state index in [1.807, 2.05) is 29.5 Å². The molecule has 0 saturated carbocycles. The Morgan fingerprint density at radius 3 is 2.65 bits per heavy atom. The summed E-state index contributed by atoms with van der Waals surface area (Å²) in [5.74, 6) is 0.892. The van der Waals surface area contributed by atoms with Gasteiger partial charge >= 0.3 is 0 Å². The molecule has 0 saturated heterocycles. The smallest absolute Gasteiger partial charge is 0.148 e. The van der Waals surface area contributed by atoms with Gasteiger partial charge in [-0.15, -0.1) is 0 Å². The van der Waals surface area contributed by atoms with E-state index in [1.54, 1.807) is 0 Å². The third-order valence-electron chi connectivity index (χ3n) is 3.39. The summed E-state index contributed by atoms with van der Waals surface area (Å²) in [6, 6.07) is 0.271. The number of aryl methyl sites for hydroxylation is 3. The van der Waals surface area contributed by atoms with Crippen LogP contribution in [0.1, 0.15) is 43.8 Å². The summed E-state index contributed by atoms with van der Waals surface area (Å²) in [6.45, 7) is 8.94. The number of anilines is 2. The van der Waals surface area contributed by atoms with E-state index in [4.69, 9.17) is 5.73 Å². The molecule has 2 aromatic rings. The lowest BCUT2D eigenvalue weighted by Gasteiger charge is -2.13. The minimum atomic E-state index is 0.271. The van der Waals surface area contributed by atoms with Crippen LogP contribution in [0.15, 0.2) is 6.20 Å². The highest BCUT2D eigenvalue weighted by Gasteiger charge is 2.15. The molecule has 0 atom stereocenters. The monoisotopic (exact) mass is 276 g/mol. The number of nitrogens with two attached hydrogens (primary N) is 1. The molecule has 6 heteroatoms. The van der Waals surface area contributed by atoms with Crippen molar-refractivity contribution in [3.63, 3.8) is 0 Å². The Labute approximate surface area is 120 Å². The third kappa shape index (κ3) is 2.64. The predicted octanol–water partition coefficient (Wildman–Crippen LogP) is 2.26. The van der Waals surface area contributed by atoms with Crippen molar-refractivity contribution in [2.45, 2.75) is 46.7 Å². The fourth-order valence-electron chi connectivity index (χ4n) is 2.32. The first-order valence-corrected chi connectivity index (χ1v) is 7.03. The van der Waals surface area contributed by atoms with Gasteiger partial charge in [-0.2, -0.15) is 10.2 Å². The van der Waals surface area contributed by atoms with Gasteiger partial charge < -0.3 is 11.1 Å². The first-order valence-electron chi connectivity index (χ1n) is 7.03. The molecule has 110 valence electrons. The van der Waals surface area contributed by atoms with E-state index in [0.29, 0.717) is 6.54 Å². The minimum absolute atomic E-state index is 0.271. The first-order chi connectivity index (χ1) is 9.43. The molecule has 0 aliphatic heterocycles. The minimum Gasteiger partial charge on any atom is -0.394 e. The molecule has 0 unspecified atom stereocenters. The third-order valence-corrected chi connectivity index (χ3v) is 3.39. The molecule has 20 heavy (non-hydrogen) atoms. The summed E-state index contributed by atoms with van der Waals surface area (Å²) in [7, 11) is 1.94. The maximum atomic E-state index is 6.11. The molecule has 6 nitrogen and oxygen atoms in total. The Bertz CT molecular complexity index is 593. The van der Waals surface area contributed by atoms with Crippen LogP contribution in [0.5, 0.6) is 0 Å². The van der Waals surface area contributed by atoms with Crippen LogP contribution in [0.2, 0.25) is 0 Å². The Balaban J connectivity index is 2.22. The van der Waals surface area contributed by atoms with Gasteiger partial charge in [-0.1, -0.05) is 6.92 Å². The molecule has 0 bridgehead atoms. The summed E-state index contributed by atoms with van der Waals surface area (Å²) < 4.78 is 3.79. The van der Waals surface area contributed by atoms with Gasteiger partial charge in [0, 0.05) is 31.4 Å². The second-order valence-corrected chi connectivity index (χ2v) is 5.37. The number of hydrogen-bond acceptors (Lipinski definition) is 4. The summed E-state index contributed by atoms with van der Waals surface area (Å²) in [4.78, 5) is 0. The van der Waals surface area contributed by atoms with Gasteiger partial charge in [0.1, 0.15) is 5.82 Å². The van der Waals surface area contributed by atoms with Gasteiger partial charge in [-0.05, 0) is 27.2 Å². The molecular formula is C14H24N6. The van der Waals surface area contributed by atoms with Crippen molar-refractivity contribution in [1.29, 1.82) is 0 Å². The van der Waals surface area contributed by atoms with Crippen LogP contribution in [0, 0.1) is 6.92 Å². The van der Waals surface area contributed by atoms with Crippen LogP contribution >= 0.6 is 0 Å². The van der Waals surface area contributed by atoms with Crippen LogP contribution < -0.4 is 11.1 Å². The lowest BCUT2D eigenvalue weighted by atomic mass is 10.2. The maximum Gasteiger partial charge on any atom is 0.148 e. The SMILES string of the molecule is CCc1nn(C)cc1CNc1c(N)c(C)nn1C(C)C. The molecule has 2 heterocycles. The normalized spacial score (nSPS) is 11.3. The largest absolute Gasteiger partial charge is 0.394 e. The molecule has 0 aromatic carbocycles.